The quantitative estimate of drug-likeness (QED) is 0.424. The molecule has 4 atom stereocenters. The Labute approximate surface area is 238 Å². The van der Waals surface area contributed by atoms with E-state index in [9.17, 15) is 18.8 Å². The Balaban J connectivity index is 1.35. The number of benzene rings is 2. The second kappa shape index (κ2) is 13.6. The van der Waals surface area contributed by atoms with E-state index in [1.165, 1.54) is 19.1 Å². The molecule has 0 spiro atoms. The molecule has 2 aliphatic rings. The topological polar surface area (TPSA) is 81.8 Å². The molecule has 10 heteroatoms. The Morgan fingerprint density at radius 3 is 2.31 bits per heavy atom. The lowest BCUT2D eigenvalue weighted by Crippen LogP contribution is -2.47. The molecule has 2 aliphatic heterocycles. The van der Waals surface area contributed by atoms with E-state index in [1.54, 1.807) is 22.7 Å². The summed E-state index contributed by atoms with van der Waals surface area (Å²) in [6.45, 7) is 5.07. The Bertz CT molecular complexity index is 1140. The first-order valence-electron chi connectivity index (χ1n) is 13.3. The van der Waals surface area contributed by atoms with E-state index in [0.29, 0.717) is 31.3 Å². The van der Waals surface area contributed by atoms with Crippen LogP contribution in [0.4, 0.5) is 4.39 Å². The van der Waals surface area contributed by atoms with E-state index in [4.69, 9.17) is 11.6 Å². The number of nitrogens with one attached hydrogen (secondary N) is 2. The highest BCUT2D eigenvalue weighted by Crippen LogP contribution is 2.33. The lowest BCUT2D eigenvalue weighted by molar-refractivity contribution is -0.128. The van der Waals surface area contributed by atoms with Crippen LogP contribution in [0, 0.1) is 17.7 Å². The predicted octanol–water partition coefficient (Wildman–Crippen LogP) is 3.99. The fraction of sp³-hybridized carbons (Fsp3) is 0.483. The third-order valence-corrected chi connectivity index (χ3v) is 8.54. The maximum absolute atomic E-state index is 14.3. The monoisotopic (exact) mass is 574 g/mol. The molecule has 39 heavy (non-hydrogen) atoms. The average molecular weight is 575 g/mol. The summed E-state index contributed by atoms with van der Waals surface area (Å²) in [7, 11) is 0. The van der Waals surface area contributed by atoms with Crippen LogP contribution in [-0.4, -0.2) is 78.3 Å². The van der Waals surface area contributed by atoms with Crippen molar-refractivity contribution in [3.63, 3.8) is 0 Å². The number of nitrogens with zero attached hydrogens (tertiary/aromatic N) is 2. The average Bonchev–Trinajstić information content (AvgIpc) is 3.48. The molecular formula is C29H36ClFN4O3S. The van der Waals surface area contributed by atoms with Gasteiger partial charge in [-0.1, -0.05) is 48.0 Å². The molecule has 2 saturated heterocycles. The van der Waals surface area contributed by atoms with Crippen molar-refractivity contribution in [2.24, 2.45) is 11.8 Å². The standard InChI is InChI=1S/C29H36ClFN4O3S/c1-19(36)32-26(12-14-39-2)28(37)33-25(20-7-4-3-5-8-20)11-13-34-15-21-17-35(18-22(21)16-34)29(38)27-23(30)9-6-10-24(27)31/h3-10,21-22,25-26H,11-18H2,1-2H3,(H,32,36)(H,33,37)/t21-,22?,25?,26?/m0/s1. The van der Waals surface area contributed by atoms with Gasteiger partial charge in [0.25, 0.3) is 5.91 Å². The van der Waals surface area contributed by atoms with E-state index >= 15 is 0 Å². The van der Waals surface area contributed by atoms with Crippen LogP contribution in [0.3, 0.4) is 0 Å². The van der Waals surface area contributed by atoms with Crippen LogP contribution >= 0.6 is 23.4 Å². The van der Waals surface area contributed by atoms with Crippen molar-refractivity contribution in [1.29, 1.82) is 0 Å². The van der Waals surface area contributed by atoms with Crippen molar-refractivity contribution in [2.45, 2.75) is 31.8 Å². The summed E-state index contributed by atoms with van der Waals surface area (Å²) in [5.41, 5.74) is 0.975. The van der Waals surface area contributed by atoms with E-state index in [0.717, 1.165) is 37.4 Å². The van der Waals surface area contributed by atoms with Crippen LogP contribution in [-0.2, 0) is 9.59 Å². The third kappa shape index (κ3) is 7.52. The third-order valence-electron chi connectivity index (χ3n) is 7.58. The molecule has 2 aromatic rings. The molecule has 0 saturated carbocycles. The van der Waals surface area contributed by atoms with Crippen LogP contribution < -0.4 is 10.6 Å². The Kier molecular flexibility index (Phi) is 10.3. The van der Waals surface area contributed by atoms with E-state index in [-0.39, 0.29) is 34.3 Å². The summed E-state index contributed by atoms with van der Waals surface area (Å²) in [6.07, 6.45) is 3.26. The summed E-state index contributed by atoms with van der Waals surface area (Å²) in [5, 5.41) is 6.11. The minimum absolute atomic E-state index is 0.0486. The van der Waals surface area contributed by atoms with Crippen molar-refractivity contribution < 1.29 is 18.8 Å². The molecule has 0 radical (unpaired) electrons. The van der Waals surface area contributed by atoms with Crippen LogP contribution in [0.2, 0.25) is 5.02 Å². The van der Waals surface area contributed by atoms with Gasteiger partial charge in [-0.05, 0) is 54.4 Å². The molecule has 7 nitrogen and oxygen atoms in total. The number of likely N-dealkylation sites (tertiary alicyclic amines) is 2. The zero-order chi connectivity index (χ0) is 27.9. The second-order valence-electron chi connectivity index (χ2n) is 10.4. The number of hydrogen-bond acceptors (Lipinski definition) is 5. The summed E-state index contributed by atoms with van der Waals surface area (Å²) in [4.78, 5) is 42.0. The van der Waals surface area contributed by atoms with Crippen molar-refractivity contribution in [1.82, 2.24) is 20.4 Å². The van der Waals surface area contributed by atoms with Gasteiger partial charge >= 0.3 is 0 Å². The fourth-order valence-electron chi connectivity index (χ4n) is 5.64. The van der Waals surface area contributed by atoms with E-state index in [1.807, 2.05) is 36.6 Å². The summed E-state index contributed by atoms with van der Waals surface area (Å²) in [6, 6.07) is 13.4. The molecule has 4 rings (SSSR count). The zero-order valence-corrected chi connectivity index (χ0v) is 23.9. The molecular weight excluding hydrogens is 539 g/mol. The summed E-state index contributed by atoms with van der Waals surface area (Å²) >= 11 is 7.76. The molecule has 210 valence electrons. The lowest BCUT2D eigenvalue weighted by Gasteiger charge is -2.26. The normalized spacial score (nSPS) is 20.4. The van der Waals surface area contributed by atoms with Gasteiger partial charge in [-0.25, -0.2) is 4.39 Å². The van der Waals surface area contributed by atoms with Gasteiger partial charge < -0.3 is 20.4 Å². The van der Waals surface area contributed by atoms with Gasteiger partial charge in [-0.15, -0.1) is 0 Å². The number of carbonyl (C=O) groups is 3. The minimum Gasteiger partial charge on any atom is -0.347 e. The highest BCUT2D eigenvalue weighted by molar-refractivity contribution is 7.98. The van der Waals surface area contributed by atoms with E-state index < -0.39 is 11.9 Å². The Morgan fingerprint density at radius 2 is 1.69 bits per heavy atom. The number of fused-ring (bicyclic) bond motifs is 1. The van der Waals surface area contributed by atoms with Gasteiger partial charge in [0.2, 0.25) is 11.8 Å². The van der Waals surface area contributed by atoms with Gasteiger partial charge in [0, 0.05) is 39.6 Å². The van der Waals surface area contributed by atoms with Crippen LogP contribution in [0.5, 0.6) is 0 Å². The Morgan fingerprint density at radius 1 is 1.00 bits per heavy atom. The van der Waals surface area contributed by atoms with Crippen LogP contribution in [0.15, 0.2) is 48.5 Å². The minimum atomic E-state index is -0.589. The number of halogens is 2. The summed E-state index contributed by atoms with van der Waals surface area (Å²) < 4.78 is 14.3. The fourth-order valence-corrected chi connectivity index (χ4v) is 6.36. The molecule has 2 aromatic carbocycles. The van der Waals surface area contributed by atoms with Gasteiger partial charge in [-0.2, -0.15) is 11.8 Å². The number of thioether (sulfide) groups is 1. The molecule has 2 heterocycles. The maximum atomic E-state index is 14.3. The van der Waals surface area contributed by atoms with E-state index in [2.05, 4.69) is 15.5 Å². The maximum Gasteiger partial charge on any atom is 0.258 e. The van der Waals surface area contributed by atoms with Crippen molar-refractivity contribution >= 4 is 41.1 Å². The molecule has 0 aromatic heterocycles. The highest BCUT2D eigenvalue weighted by atomic mass is 35.5. The predicted molar refractivity (Wildman–Crippen MR) is 153 cm³/mol. The van der Waals surface area contributed by atoms with Gasteiger partial charge in [0.15, 0.2) is 0 Å². The SMILES string of the molecule is CSCCC(NC(C)=O)C(=O)NC(CCN1CC2CN(C(=O)c3c(F)cccc3Cl)C[C@@H]2C1)c1ccccc1. The Hall–Kier alpha value is -2.62. The van der Waals surface area contributed by atoms with Gasteiger partial charge in [0.1, 0.15) is 11.9 Å². The van der Waals surface area contributed by atoms with Crippen molar-refractivity contribution in [3.05, 3.63) is 70.5 Å². The smallest absolute Gasteiger partial charge is 0.258 e. The number of amides is 3. The lowest BCUT2D eigenvalue weighted by atomic mass is 10.0. The van der Waals surface area contributed by atoms with Gasteiger partial charge in [-0.3, -0.25) is 14.4 Å². The molecule has 0 aliphatic carbocycles. The van der Waals surface area contributed by atoms with Crippen molar-refractivity contribution in [2.75, 3.05) is 44.7 Å². The highest BCUT2D eigenvalue weighted by Gasteiger charge is 2.42. The molecule has 2 N–H and O–H groups in total. The number of hydrogen-bond donors (Lipinski definition) is 2. The number of rotatable bonds is 11. The molecule has 3 unspecified atom stereocenters. The zero-order valence-electron chi connectivity index (χ0n) is 22.4. The molecule has 3 amide bonds. The van der Waals surface area contributed by atoms with Gasteiger partial charge in [0.05, 0.1) is 16.6 Å². The molecule has 2 fully saturated rings. The molecule has 0 bridgehead atoms. The first kappa shape index (κ1) is 29.4. The van der Waals surface area contributed by atoms with Crippen LogP contribution in [0.1, 0.15) is 41.7 Å². The second-order valence-corrected chi connectivity index (χ2v) is 11.8. The first-order chi connectivity index (χ1) is 18.8. The largest absolute Gasteiger partial charge is 0.347 e. The van der Waals surface area contributed by atoms with Crippen molar-refractivity contribution in [3.8, 4) is 0 Å². The van der Waals surface area contributed by atoms with Crippen LogP contribution in [0.25, 0.3) is 0 Å². The first-order valence-corrected chi connectivity index (χ1v) is 15.1. The summed E-state index contributed by atoms with van der Waals surface area (Å²) in [5.74, 6) is 0.0803. The number of carbonyl (C=O) groups excluding carboxylic acids is 3.